The Bertz CT molecular complexity index is 275. The van der Waals surface area contributed by atoms with Crippen molar-refractivity contribution in [3.05, 3.63) is 0 Å². The first kappa shape index (κ1) is 18.0. The molecule has 3 atom stereocenters. The number of rotatable bonds is 6. The van der Waals surface area contributed by atoms with Crippen LogP contribution in [0.3, 0.4) is 0 Å². The highest BCUT2D eigenvalue weighted by atomic mass is 14.9. The van der Waals surface area contributed by atoms with Crippen molar-refractivity contribution >= 4 is 0 Å². The largest absolute Gasteiger partial charge is 0.327 e. The fourth-order valence-corrected chi connectivity index (χ4v) is 3.97. The van der Waals surface area contributed by atoms with Crippen LogP contribution >= 0.6 is 0 Å². The molecule has 2 heteroatoms. The minimum atomic E-state index is 0.357. The molecule has 0 radical (unpaired) electrons. The van der Waals surface area contributed by atoms with Crippen molar-refractivity contribution in [3.63, 3.8) is 0 Å². The first-order valence-corrected chi connectivity index (χ1v) is 8.64. The second-order valence-corrected chi connectivity index (χ2v) is 8.36. The van der Waals surface area contributed by atoms with Crippen LogP contribution < -0.4 is 11.1 Å². The van der Waals surface area contributed by atoms with Gasteiger partial charge in [-0.15, -0.1) is 0 Å². The number of nitrogens with two attached hydrogens (primary N) is 1. The molecule has 3 N–H and O–H groups in total. The SMILES string of the molecule is CC(C)C(CNCC1CCC(N)C(C)C1(C)C)C(C)C. The van der Waals surface area contributed by atoms with Gasteiger partial charge in [-0.25, -0.2) is 0 Å². The van der Waals surface area contributed by atoms with Crippen LogP contribution in [0.15, 0.2) is 0 Å². The van der Waals surface area contributed by atoms with E-state index in [2.05, 4.69) is 53.8 Å². The summed E-state index contributed by atoms with van der Waals surface area (Å²) in [7, 11) is 0. The van der Waals surface area contributed by atoms with E-state index in [-0.39, 0.29) is 0 Å². The minimum absolute atomic E-state index is 0.357. The lowest BCUT2D eigenvalue weighted by Gasteiger charge is -2.47. The smallest absolute Gasteiger partial charge is 0.00698 e. The Morgan fingerprint density at radius 3 is 2.15 bits per heavy atom. The van der Waals surface area contributed by atoms with Crippen molar-refractivity contribution in [2.24, 2.45) is 40.7 Å². The van der Waals surface area contributed by atoms with Gasteiger partial charge in [0.1, 0.15) is 0 Å². The predicted octanol–water partition coefficient (Wildman–Crippen LogP) is 3.90. The van der Waals surface area contributed by atoms with Crippen LogP contribution in [0.5, 0.6) is 0 Å². The molecule has 1 aliphatic carbocycles. The lowest BCUT2D eigenvalue weighted by atomic mass is 9.61. The van der Waals surface area contributed by atoms with Crippen LogP contribution in [0.25, 0.3) is 0 Å². The zero-order valence-electron chi connectivity index (χ0n) is 14.9. The molecule has 2 nitrogen and oxygen atoms in total. The Morgan fingerprint density at radius 2 is 1.65 bits per heavy atom. The lowest BCUT2D eigenvalue weighted by molar-refractivity contribution is 0.0527. The van der Waals surface area contributed by atoms with Crippen molar-refractivity contribution in [3.8, 4) is 0 Å². The van der Waals surface area contributed by atoms with Gasteiger partial charge in [0.05, 0.1) is 0 Å². The summed E-state index contributed by atoms with van der Waals surface area (Å²) in [6.07, 6.45) is 2.47. The maximum absolute atomic E-state index is 6.25. The topological polar surface area (TPSA) is 38.0 Å². The molecule has 0 aliphatic heterocycles. The summed E-state index contributed by atoms with van der Waals surface area (Å²) < 4.78 is 0. The quantitative estimate of drug-likeness (QED) is 0.775. The van der Waals surface area contributed by atoms with E-state index in [9.17, 15) is 0 Å². The third-order valence-corrected chi connectivity index (χ3v) is 6.20. The molecule has 120 valence electrons. The molecule has 0 bridgehead atoms. The van der Waals surface area contributed by atoms with Crippen molar-refractivity contribution in [1.29, 1.82) is 0 Å². The van der Waals surface area contributed by atoms with E-state index in [0.717, 1.165) is 36.8 Å². The fourth-order valence-electron chi connectivity index (χ4n) is 3.97. The summed E-state index contributed by atoms with van der Waals surface area (Å²) in [5.74, 6) is 3.68. The molecule has 3 unspecified atom stereocenters. The van der Waals surface area contributed by atoms with E-state index in [1.54, 1.807) is 0 Å². The van der Waals surface area contributed by atoms with Gasteiger partial charge in [0.25, 0.3) is 0 Å². The first-order chi connectivity index (χ1) is 9.17. The third-order valence-electron chi connectivity index (χ3n) is 6.20. The van der Waals surface area contributed by atoms with Gasteiger partial charge in [-0.05, 0) is 60.9 Å². The molecule has 0 heterocycles. The van der Waals surface area contributed by atoms with Gasteiger partial charge in [-0.2, -0.15) is 0 Å². The lowest BCUT2D eigenvalue weighted by Crippen LogP contribution is -2.49. The first-order valence-electron chi connectivity index (χ1n) is 8.64. The number of hydrogen-bond acceptors (Lipinski definition) is 2. The van der Waals surface area contributed by atoms with Gasteiger partial charge in [-0.1, -0.05) is 48.5 Å². The van der Waals surface area contributed by atoms with Gasteiger partial charge < -0.3 is 11.1 Å². The van der Waals surface area contributed by atoms with E-state index in [1.165, 1.54) is 12.8 Å². The van der Waals surface area contributed by atoms with Gasteiger partial charge in [0, 0.05) is 6.04 Å². The summed E-state index contributed by atoms with van der Waals surface area (Å²) in [6.45, 7) is 18.8. The van der Waals surface area contributed by atoms with Crippen molar-refractivity contribution in [2.75, 3.05) is 13.1 Å². The van der Waals surface area contributed by atoms with Gasteiger partial charge in [0.15, 0.2) is 0 Å². The van der Waals surface area contributed by atoms with Crippen LogP contribution in [0, 0.1) is 35.0 Å². The third kappa shape index (κ3) is 4.21. The Balaban J connectivity index is 2.49. The van der Waals surface area contributed by atoms with Crippen molar-refractivity contribution < 1.29 is 0 Å². The summed E-state index contributed by atoms with van der Waals surface area (Å²) >= 11 is 0. The summed E-state index contributed by atoms with van der Waals surface area (Å²) in [5, 5.41) is 3.77. The molecule has 1 aliphatic rings. The van der Waals surface area contributed by atoms with Crippen LogP contribution in [0.2, 0.25) is 0 Å². The standard InChI is InChI=1S/C18H38N2/c1-12(2)16(13(3)4)11-20-10-15-8-9-17(19)14(5)18(15,6)7/h12-17,20H,8-11,19H2,1-7H3. The molecule has 0 amide bonds. The average Bonchev–Trinajstić information content (AvgIpc) is 2.33. The van der Waals surface area contributed by atoms with E-state index in [0.29, 0.717) is 17.4 Å². The summed E-state index contributed by atoms with van der Waals surface area (Å²) in [6, 6.07) is 0.389. The molecule has 1 fully saturated rings. The van der Waals surface area contributed by atoms with Crippen LogP contribution in [0.1, 0.15) is 61.3 Å². The Kier molecular flexibility index (Phi) is 6.53. The Hall–Kier alpha value is -0.0800. The van der Waals surface area contributed by atoms with Gasteiger partial charge in [-0.3, -0.25) is 0 Å². The van der Waals surface area contributed by atoms with Gasteiger partial charge in [0.2, 0.25) is 0 Å². The fraction of sp³-hybridized carbons (Fsp3) is 1.00. The number of nitrogens with one attached hydrogen (secondary N) is 1. The second-order valence-electron chi connectivity index (χ2n) is 8.36. The molecule has 1 rings (SSSR count). The Morgan fingerprint density at radius 1 is 1.10 bits per heavy atom. The zero-order chi connectivity index (χ0) is 15.5. The highest BCUT2D eigenvalue weighted by Crippen LogP contribution is 2.43. The zero-order valence-corrected chi connectivity index (χ0v) is 14.9. The molecule has 0 aromatic heterocycles. The molecule has 0 aromatic carbocycles. The van der Waals surface area contributed by atoms with Crippen LogP contribution in [-0.2, 0) is 0 Å². The van der Waals surface area contributed by atoms with E-state index in [4.69, 9.17) is 5.73 Å². The molecule has 0 spiro atoms. The second kappa shape index (κ2) is 7.26. The van der Waals surface area contributed by atoms with Crippen LogP contribution in [-0.4, -0.2) is 19.1 Å². The average molecular weight is 283 g/mol. The highest BCUT2D eigenvalue weighted by Gasteiger charge is 2.41. The van der Waals surface area contributed by atoms with Crippen LogP contribution in [0.4, 0.5) is 0 Å². The molecule has 20 heavy (non-hydrogen) atoms. The van der Waals surface area contributed by atoms with Crippen molar-refractivity contribution in [1.82, 2.24) is 5.32 Å². The maximum atomic E-state index is 6.25. The van der Waals surface area contributed by atoms with E-state index in [1.807, 2.05) is 0 Å². The molecular weight excluding hydrogens is 244 g/mol. The van der Waals surface area contributed by atoms with E-state index < -0.39 is 0 Å². The van der Waals surface area contributed by atoms with Crippen molar-refractivity contribution in [2.45, 2.75) is 67.3 Å². The minimum Gasteiger partial charge on any atom is -0.327 e. The number of hydrogen-bond donors (Lipinski definition) is 2. The summed E-state index contributed by atoms with van der Waals surface area (Å²) in [5.41, 5.74) is 6.61. The predicted molar refractivity (Wildman–Crippen MR) is 89.7 cm³/mol. The molecular formula is C18H38N2. The molecule has 0 aromatic rings. The monoisotopic (exact) mass is 282 g/mol. The van der Waals surface area contributed by atoms with Gasteiger partial charge >= 0.3 is 0 Å². The normalized spacial score (nSPS) is 30.4. The molecule has 0 saturated heterocycles. The highest BCUT2D eigenvalue weighted by molar-refractivity contribution is 4.94. The molecule has 1 saturated carbocycles. The summed E-state index contributed by atoms with van der Waals surface area (Å²) in [4.78, 5) is 0. The maximum Gasteiger partial charge on any atom is 0.00698 e. The Labute approximate surface area is 127 Å². The van der Waals surface area contributed by atoms with E-state index >= 15 is 0 Å².